The van der Waals surface area contributed by atoms with Crippen LogP contribution in [0, 0.1) is 0 Å². The zero-order chi connectivity index (χ0) is 12.8. The van der Waals surface area contributed by atoms with Gasteiger partial charge in [0.1, 0.15) is 18.1 Å². The molecule has 0 radical (unpaired) electrons. The molecule has 1 heterocycles. The molecule has 2 N–H and O–H groups in total. The van der Waals surface area contributed by atoms with E-state index < -0.39 is 0 Å². The second-order valence-corrected chi connectivity index (χ2v) is 3.78. The van der Waals surface area contributed by atoms with E-state index in [1.807, 2.05) is 18.2 Å². The van der Waals surface area contributed by atoms with Gasteiger partial charge in [-0.1, -0.05) is 11.2 Å². The molecule has 0 aliphatic heterocycles. The lowest BCUT2D eigenvalue weighted by atomic mass is 10.1. The molecule has 0 unspecified atom stereocenters. The van der Waals surface area contributed by atoms with Gasteiger partial charge in [0.15, 0.2) is 5.76 Å². The first-order valence-electron chi connectivity index (χ1n) is 5.73. The van der Waals surface area contributed by atoms with E-state index in [4.69, 9.17) is 19.7 Å². The Morgan fingerprint density at radius 2 is 2.22 bits per heavy atom. The fourth-order valence-electron chi connectivity index (χ4n) is 1.62. The van der Waals surface area contributed by atoms with E-state index in [1.165, 1.54) is 0 Å². The molecule has 1 aromatic heterocycles. The fraction of sp³-hybridized carbons (Fsp3) is 0.308. The number of nitrogens with zero attached hydrogens (tertiary/aromatic N) is 1. The van der Waals surface area contributed by atoms with Crippen molar-refractivity contribution in [2.75, 3.05) is 13.7 Å². The van der Waals surface area contributed by atoms with Gasteiger partial charge in [0.2, 0.25) is 0 Å². The van der Waals surface area contributed by atoms with Crippen molar-refractivity contribution in [2.45, 2.75) is 13.0 Å². The molecule has 0 atom stereocenters. The van der Waals surface area contributed by atoms with Gasteiger partial charge in [0.25, 0.3) is 0 Å². The van der Waals surface area contributed by atoms with E-state index in [-0.39, 0.29) is 0 Å². The van der Waals surface area contributed by atoms with Crippen LogP contribution >= 0.6 is 0 Å². The van der Waals surface area contributed by atoms with Gasteiger partial charge in [0, 0.05) is 12.1 Å². The monoisotopic (exact) mass is 248 g/mol. The van der Waals surface area contributed by atoms with Gasteiger partial charge >= 0.3 is 0 Å². The fourth-order valence-corrected chi connectivity index (χ4v) is 1.62. The van der Waals surface area contributed by atoms with Gasteiger partial charge in [-0.05, 0) is 24.6 Å². The minimum atomic E-state index is 0.338. The third kappa shape index (κ3) is 3.01. The molecule has 2 rings (SSSR count). The summed E-state index contributed by atoms with van der Waals surface area (Å²) in [6, 6.07) is 7.47. The Kier molecular flexibility index (Phi) is 4.20. The summed E-state index contributed by atoms with van der Waals surface area (Å²) in [7, 11) is 1.62. The van der Waals surface area contributed by atoms with Gasteiger partial charge < -0.3 is 19.7 Å². The Labute approximate surface area is 105 Å². The number of hydrogen-bond acceptors (Lipinski definition) is 5. The summed E-state index contributed by atoms with van der Waals surface area (Å²) in [6.45, 7) is 0.912. The van der Waals surface area contributed by atoms with Crippen molar-refractivity contribution in [3.05, 3.63) is 41.8 Å². The van der Waals surface area contributed by atoms with Crippen molar-refractivity contribution in [2.24, 2.45) is 5.73 Å². The molecule has 0 bridgehead atoms. The molecule has 0 aliphatic rings. The van der Waals surface area contributed by atoms with E-state index in [0.717, 1.165) is 23.5 Å². The highest BCUT2D eigenvalue weighted by molar-refractivity contribution is 5.41. The van der Waals surface area contributed by atoms with Gasteiger partial charge in [-0.2, -0.15) is 0 Å². The lowest BCUT2D eigenvalue weighted by Crippen LogP contribution is -2.05. The SMILES string of the molecule is COc1ccc(CCN)c(OCc2ccno2)c1. The molecule has 0 aliphatic carbocycles. The summed E-state index contributed by atoms with van der Waals surface area (Å²) >= 11 is 0. The molecular weight excluding hydrogens is 232 g/mol. The molecule has 0 saturated heterocycles. The topological polar surface area (TPSA) is 70.5 Å². The van der Waals surface area contributed by atoms with E-state index in [9.17, 15) is 0 Å². The average molecular weight is 248 g/mol. The predicted molar refractivity (Wildman–Crippen MR) is 66.6 cm³/mol. The molecule has 0 fully saturated rings. The number of nitrogens with two attached hydrogens (primary N) is 1. The summed E-state index contributed by atoms with van der Waals surface area (Å²) in [5.41, 5.74) is 6.63. The zero-order valence-electron chi connectivity index (χ0n) is 10.3. The number of benzene rings is 1. The highest BCUT2D eigenvalue weighted by Gasteiger charge is 2.07. The summed E-state index contributed by atoms with van der Waals surface area (Å²) in [6.07, 6.45) is 2.35. The molecule has 5 nitrogen and oxygen atoms in total. The lowest BCUT2D eigenvalue weighted by Gasteiger charge is -2.11. The molecule has 96 valence electrons. The number of methoxy groups -OCH3 is 1. The standard InChI is InChI=1S/C13H16N2O3/c1-16-11-3-2-10(4-6-14)13(8-11)17-9-12-5-7-15-18-12/h2-3,5,7-8H,4,6,9,14H2,1H3. The van der Waals surface area contributed by atoms with Crippen molar-refractivity contribution in [1.29, 1.82) is 0 Å². The van der Waals surface area contributed by atoms with Crippen LogP contribution < -0.4 is 15.2 Å². The maximum absolute atomic E-state index is 5.71. The maximum atomic E-state index is 5.71. The number of rotatable bonds is 6. The Balaban J connectivity index is 2.12. The smallest absolute Gasteiger partial charge is 0.174 e. The van der Waals surface area contributed by atoms with Gasteiger partial charge in [-0.15, -0.1) is 0 Å². The van der Waals surface area contributed by atoms with Crippen LogP contribution in [0.15, 0.2) is 35.0 Å². The second-order valence-electron chi connectivity index (χ2n) is 3.78. The molecule has 0 saturated carbocycles. The molecule has 18 heavy (non-hydrogen) atoms. The van der Waals surface area contributed by atoms with Crippen LogP contribution in [0.2, 0.25) is 0 Å². The largest absolute Gasteiger partial charge is 0.497 e. The summed E-state index contributed by atoms with van der Waals surface area (Å²) in [5, 5.41) is 3.63. The lowest BCUT2D eigenvalue weighted by molar-refractivity contribution is 0.246. The average Bonchev–Trinajstić information content (AvgIpc) is 2.91. The Morgan fingerprint density at radius 1 is 1.33 bits per heavy atom. The van der Waals surface area contributed by atoms with Gasteiger partial charge in [-0.3, -0.25) is 0 Å². The van der Waals surface area contributed by atoms with Crippen LogP contribution in [0.3, 0.4) is 0 Å². The van der Waals surface area contributed by atoms with Crippen molar-refractivity contribution in [3.8, 4) is 11.5 Å². The Morgan fingerprint density at radius 3 is 2.89 bits per heavy atom. The van der Waals surface area contributed by atoms with E-state index in [2.05, 4.69) is 5.16 Å². The van der Waals surface area contributed by atoms with E-state index in [1.54, 1.807) is 19.4 Å². The second kappa shape index (κ2) is 6.07. The van der Waals surface area contributed by atoms with E-state index >= 15 is 0 Å². The van der Waals surface area contributed by atoms with E-state index in [0.29, 0.717) is 18.9 Å². The van der Waals surface area contributed by atoms with Crippen molar-refractivity contribution >= 4 is 0 Å². The molecule has 2 aromatic rings. The maximum Gasteiger partial charge on any atom is 0.174 e. The van der Waals surface area contributed by atoms with Gasteiger partial charge in [0.05, 0.1) is 13.3 Å². The predicted octanol–water partition coefficient (Wildman–Crippen LogP) is 1.76. The van der Waals surface area contributed by atoms with Crippen molar-refractivity contribution in [3.63, 3.8) is 0 Å². The molecule has 5 heteroatoms. The van der Waals surface area contributed by atoms with Crippen LogP contribution in [0.5, 0.6) is 11.5 Å². The first-order valence-corrected chi connectivity index (χ1v) is 5.73. The molecule has 0 spiro atoms. The summed E-state index contributed by atoms with van der Waals surface area (Å²) < 4.78 is 15.9. The van der Waals surface area contributed by atoms with Crippen molar-refractivity contribution < 1.29 is 14.0 Å². The number of ether oxygens (including phenoxy) is 2. The summed E-state index contributed by atoms with van der Waals surface area (Å²) in [5.74, 6) is 2.19. The zero-order valence-corrected chi connectivity index (χ0v) is 10.3. The van der Waals surface area contributed by atoms with Crippen LogP contribution in [0.4, 0.5) is 0 Å². The third-order valence-electron chi connectivity index (χ3n) is 2.55. The first kappa shape index (κ1) is 12.4. The number of hydrogen-bond donors (Lipinski definition) is 1. The highest BCUT2D eigenvalue weighted by atomic mass is 16.5. The summed E-state index contributed by atoms with van der Waals surface area (Å²) in [4.78, 5) is 0. The van der Waals surface area contributed by atoms with Gasteiger partial charge in [-0.25, -0.2) is 0 Å². The van der Waals surface area contributed by atoms with Crippen LogP contribution in [0.25, 0.3) is 0 Å². The molecular formula is C13H16N2O3. The third-order valence-corrected chi connectivity index (χ3v) is 2.55. The number of aromatic nitrogens is 1. The minimum absolute atomic E-state index is 0.338. The molecule has 0 amide bonds. The minimum Gasteiger partial charge on any atom is -0.497 e. The highest BCUT2D eigenvalue weighted by Crippen LogP contribution is 2.25. The van der Waals surface area contributed by atoms with Crippen molar-refractivity contribution in [1.82, 2.24) is 5.16 Å². The van der Waals surface area contributed by atoms with Crippen LogP contribution in [-0.4, -0.2) is 18.8 Å². The quantitative estimate of drug-likeness (QED) is 0.843. The first-order chi connectivity index (χ1) is 8.83. The normalized spacial score (nSPS) is 10.3. The Hall–Kier alpha value is -2.01. The van der Waals surface area contributed by atoms with Crippen LogP contribution in [0.1, 0.15) is 11.3 Å². The van der Waals surface area contributed by atoms with Crippen LogP contribution in [-0.2, 0) is 13.0 Å². The molecule has 1 aromatic carbocycles. The Bertz CT molecular complexity index is 483.